The van der Waals surface area contributed by atoms with Crippen molar-refractivity contribution in [3.05, 3.63) is 23.8 Å². The predicted octanol–water partition coefficient (Wildman–Crippen LogP) is 1.35. The zero-order valence-corrected chi connectivity index (χ0v) is 13.0. The van der Waals surface area contributed by atoms with Crippen LogP contribution >= 0.6 is 0 Å². The molecule has 5 N–H and O–H groups in total. The number of carbonyl (C=O) groups is 2. The molecular formula is C15H24N4O2. The van der Waals surface area contributed by atoms with Crippen molar-refractivity contribution in [1.29, 1.82) is 0 Å². The molecule has 0 bridgehead atoms. The number of hydrogen-bond donors (Lipinski definition) is 4. The van der Waals surface area contributed by atoms with E-state index in [2.05, 4.69) is 16.0 Å². The summed E-state index contributed by atoms with van der Waals surface area (Å²) in [4.78, 5) is 23.3. The van der Waals surface area contributed by atoms with Crippen LogP contribution in [0.15, 0.2) is 18.2 Å². The third-order valence-electron chi connectivity index (χ3n) is 2.72. The summed E-state index contributed by atoms with van der Waals surface area (Å²) in [7, 11) is 1.57. The Kier molecular flexibility index (Phi) is 5.58. The van der Waals surface area contributed by atoms with Crippen molar-refractivity contribution < 1.29 is 9.59 Å². The molecule has 0 fully saturated rings. The molecule has 0 radical (unpaired) electrons. The molecule has 0 aliphatic carbocycles. The molecule has 6 nitrogen and oxygen atoms in total. The van der Waals surface area contributed by atoms with E-state index in [1.807, 2.05) is 20.8 Å². The number of hydrogen-bond acceptors (Lipinski definition) is 4. The Morgan fingerprint density at radius 1 is 1.24 bits per heavy atom. The SMILES string of the molecule is CNC(=O)c1ccc(N)c(NCCC(=O)NC(C)(C)C)c1. The van der Waals surface area contributed by atoms with Gasteiger partial charge < -0.3 is 21.7 Å². The van der Waals surface area contributed by atoms with Crippen molar-refractivity contribution in [3.8, 4) is 0 Å². The summed E-state index contributed by atoms with van der Waals surface area (Å²) in [5.74, 6) is -0.209. The lowest BCUT2D eigenvalue weighted by Gasteiger charge is -2.20. The number of carbonyl (C=O) groups excluding carboxylic acids is 2. The Morgan fingerprint density at radius 3 is 2.48 bits per heavy atom. The van der Waals surface area contributed by atoms with Gasteiger partial charge >= 0.3 is 0 Å². The van der Waals surface area contributed by atoms with Gasteiger partial charge in [-0.1, -0.05) is 0 Å². The van der Waals surface area contributed by atoms with Gasteiger partial charge in [0, 0.05) is 31.1 Å². The molecule has 0 aromatic heterocycles. The van der Waals surface area contributed by atoms with Crippen LogP contribution in [-0.2, 0) is 4.79 Å². The summed E-state index contributed by atoms with van der Waals surface area (Å²) < 4.78 is 0. The second-order valence-electron chi connectivity index (χ2n) is 5.86. The minimum Gasteiger partial charge on any atom is -0.397 e. The number of nitrogens with one attached hydrogen (secondary N) is 3. The van der Waals surface area contributed by atoms with Crippen LogP contribution in [0.2, 0.25) is 0 Å². The fourth-order valence-electron chi connectivity index (χ4n) is 1.79. The zero-order valence-electron chi connectivity index (χ0n) is 13.0. The van der Waals surface area contributed by atoms with Gasteiger partial charge in [0.1, 0.15) is 0 Å². The first-order valence-electron chi connectivity index (χ1n) is 6.89. The van der Waals surface area contributed by atoms with E-state index in [-0.39, 0.29) is 17.4 Å². The van der Waals surface area contributed by atoms with Crippen molar-refractivity contribution in [1.82, 2.24) is 10.6 Å². The van der Waals surface area contributed by atoms with Crippen molar-refractivity contribution in [2.45, 2.75) is 32.7 Å². The molecule has 1 aromatic carbocycles. The lowest BCUT2D eigenvalue weighted by Crippen LogP contribution is -2.41. The van der Waals surface area contributed by atoms with E-state index >= 15 is 0 Å². The van der Waals surface area contributed by atoms with Crippen LogP contribution in [0.4, 0.5) is 11.4 Å². The normalized spacial score (nSPS) is 10.9. The number of amides is 2. The second kappa shape index (κ2) is 6.97. The highest BCUT2D eigenvalue weighted by atomic mass is 16.2. The first-order valence-corrected chi connectivity index (χ1v) is 6.89. The molecule has 116 valence electrons. The second-order valence-corrected chi connectivity index (χ2v) is 5.86. The lowest BCUT2D eigenvalue weighted by molar-refractivity contribution is -0.122. The molecule has 0 heterocycles. The average molecular weight is 292 g/mol. The van der Waals surface area contributed by atoms with Crippen LogP contribution in [-0.4, -0.2) is 30.9 Å². The summed E-state index contributed by atoms with van der Waals surface area (Å²) in [6.07, 6.45) is 0.334. The third kappa shape index (κ3) is 5.72. The van der Waals surface area contributed by atoms with Gasteiger partial charge in [-0.25, -0.2) is 0 Å². The van der Waals surface area contributed by atoms with Crippen LogP contribution in [0.3, 0.4) is 0 Å². The molecular weight excluding hydrogens is 268 g/mol. The minimum atomic E-state index is -0.241. The van der Waals surface area contributed by atoms with E-state index in [1.54, 1.807) is 25.2 Å². The molecule has 1 aromatic rings. The van der Waals surface area contributed by atoms with Gasteiger partial charge in [0.05, 0.1) is 11.4 Å². The van der Waals surface area contributed by atoms with Crippen molar-refractivity contribution in [2.24, 2.45) is 0 Å². The van der Waals surface area contributed by atoms with Crippen LogP contribution in [0.1, 0.15) is 37.6 Å². The van der Waals surface area contributed by atoms with E-state index in [9.17, 15) is 9.59 Å². The maximum absolute atomic E-state index is 11.7. The largest absolute Gasteiger partial charge is 0.397 e. The Labute approximate surface area is 125 Å². The van der Waals surface area contributed by atoms with Crippen LogP contribution in [0, 0.1) is 0 Å². The fraction of sp³-hybridized carbons (Fsp3) is 0.467. The standard InChI is InChI=1S/C15H24N4O2/c1-15(2,3)19-13(20)7-8-18-12-9-10(14(21)17-4)5-6-11(12)16/h5-6,9,18H,7-8,16H2,1-4H3,(H,17,21)(H,19,20). The monoisotopic (exact) mass is 292 g/mol. The van der Waals surface area contributed by atoms with E-state index in [4.69, 9.17) is 5.73 Å². The molecule has 21 heavy (non-hydrogen) atoms. The Bertz CT molecular complexity index is 521. The molecule has 0 saturated heterocycles. The van der Waals surface area contributed by atoms with E-state index in [0.717, 1.165) is 0 Å². The van der Waals surface area contributed by atoms with E-state index in [0.29, 0.717) is 29.9 Å². The van der Waals surface area contributed by atoms with Gasteiger partial charge in [-0.2, -0.15) is 0 Å². The number of rotatable bonds is 5. The van der Waals surface area contributed by atoms with Gasteiger partial charge in [0.2, 0.25) is 5.91 Å². The number of anilines is 2. The summed E-state index contributed by atoms with van der Waals surface area (Å²) >= 11 is 0. The molecule has 2 amide bonds. The van der Waals surface area contributed by atoms with E-state index < -0.39 is 0 Å². The molecule has 0 spiro atoms. The first-order chi connectivity index (χ1) is 9.73. The lowest BCUT2D eigenvalue weighted by atomic mass is 10.1. The summed E-state index contributed by atoms with van der Waals surface area (Å²) in [5.41, 5.74) is 7.33. The fourth-order valence-corrected chi connectivity index (χ4v) is 1.79. The number of benzene rings is 1. The molecule has 0 saturated carbocycles. The Hall–Kier alpha value is -2.24. The molecule has 1 rings (SSSR count). The Morgan fingerprint density at radius 2 is 1.90 bits per heavy atom. The zero-order chi connectivity index (χ0) is 16.0. The predicted molar refractivity (Wildman–Crippen MR) is 85.2 cm³/mol. The first kappa shape index (κ1) is 16.8. The van der Waals surface area contributed by atoms with Gasteiger partial charge in [-0.15, -0.1) is 0 Å². The van der Waals surface area contributed by atoms with E-state index in [1.165, 1.54) is 0 Å². The third-order valence-corrected chi connectivity index (χ3v) is 2.72. The number of nitrogens with two attached hydrogens (primary N) is 1. The maximum Gasteiger partial charge on any atom is 0.251 e. The van der Waals surface area contributed by atoms with Crippen LogP contribution < -0.4 is 21.7 Å². The quantitative estimate of drug-likeness (QED) is 0.616. The molecule has 0 unspecified atom stereocenters. The smallest absolute Gasteiger partial charge is 0.251 e. The summed E-state index contributed by atoms with van der Waals surface area (Å²) in [6.45, 7) is 6.25. The van der Waals surface area contributed by atoms with Crippen LogP contribution in [0.5, 0.6) is 0 Å². The molecule has 0 atom stereocenters. The van der Waals surface area contributed by atoms with Gasteiger partial charge in [-0.05, 0) is 39.0 Å². The van der Waals surface area contributed by atoms with Gasteiger partial charge in [0.25, 0.3) is 5.91 Å². The van der Waals surface area contributed by atoms with Crippen molar-refractivity contribution in [2.75, 3.05) is 24.6 Å². The highest BCUT2D eigenvalue weighted by Crippen LogP contribution is 2.20. The highest BCUT2D eigenvalue weighted by molar-refractivity contribution is 5.96. The topological polar surface area (TPSA) is 96.2 Å². The highest BCUT2D eigenvalue weighted by Gasteiger charge is 2.13. The van der Waals surface area contributed by atoms with Gasteiger partial charge in [0.15, 0.2) is 0 Å². The summed E-state index contributed by atoms with van der Waals surface area (Å²) in [6, 6.07) is 5.00. The van der Waals surface area contributed by atoms with Crippen LogP contribution in [0.25, 0.3) is 0 Å². The van der Waals surface area contributed by atoms with Crippen molar-refractivity contribution >= 4 is 23.2 Å². The van der Waals surface area contributed by atoms with Crippen molar-refractivity contribution in [3.63, 3.8) is 0 Å². The average Bonchev–Trinajstić information content (AvgIpc) is 2.38. The summed E-state index contributed by atoms with van der Waals surface area (Å²) in [5, 5.41) is 8.52. The number of nitrogen functional groups attached to an aromatic ring is 1. The molecule has 0 aliphatic heterocycles. The maximum atomic E-state index is 11.7. The minimum absolute atomic E-state index is 0.0315. The molecule has 0 aliphatic rings. The van der Waals surface area contributed by atoms with Gasteiger partial charge in [-0.3, -0.25) is 9.59 Å². The Balaban J connectivity index is 2.59. The molecule has 6 heteroatoms.